The summed E-state index contributed by atoms with van der Waals surface area (Å²) in [5.41, 5.74) is 5.92. The van der Waals surface area contributed by atoms with E-state index in [1.807, 2.05) is 0 Å². The highest BCUT2D eigenvalue weighted by atomic mass is 32.2. The van der Waals surface area contributed by atoms with Gasteiger partial charge in [-0.15, -0.1) is 0 Å². The molecule has 82 valence electrons. The average molecular weight is 228 g/mol. The minimum absolute atomic E-state index is 0.164. The van der Waals surface area contributed by atoms with Crippen molar-refractivity contribution in [1.29, 1.82) is 0 Å². The van der Waals surface area contributed by atoms with E-state index in [2.05, 4.69) is 0 Å². The minimum Gasteiger partial charge on any atom is -0.399 e. The molecule has 0 aliphatic carbocycles. The van der Waals surface area contributed by atoms with Gasteiger partial charge in [0.15, 0.2) is 0 Å². The van der Waals surface area contributed by atoms with E-state index in [1.54, 1.807) is 12.1 Å². The minimum atomic E-state index is -3.46. The maximum Gasteiger partial charge on any atom is 0.243 e. The molecular weight excluding hydrogens is 216 g/mol. The molecule has 15 heavy (non-hydrogen) atoms. The Kier molecular flexibility index (Phi) is 2.41. The summed E-state index contributed by atoms with van der Waals surface area (Å²) < 4.78 is 25.0. The summed E-state index contributed by atoms with van der Waals surface area (Å²) in [7, 11) is -3.46. The quantitative estimate of drug-likeness (QED) is 0.677. The highest BCUT2D eigenvalue weighted by Gasteiger charge is 2.35. The molecule has 1 saturated heterocycles. The van der Waals surface area contributed by atoms with Gasteiger partial charge in [0, 0.05) is 18.8 Å². The lowest BCUT2D eigenvalue weighted by atomic mass is 10.2. The second-order valence-electron chi connectivity index (χ2n) is 3.55. The first-order chi connectivity index (χ1) is 7.00. The zero-order valence-corrected chi connectivity index (χ0v) is 8.81. The van der Waals surface area contributed by atoms with Gasteiger partial charge in [-0.25, -0.2) is 8.42 Å². The maximum atomic E-state index is 11.9. The number of nitrogens with zero attached hydrogens (tertiary/aromatic N) is 1. The van der Waals surface area contributed by atoms with E-state index in [0.717, 1.165) is 0 Å². The molecular formula is C9H12N2O3S. The van der Waals surface area contributed by atoms with Crippen LogP contribution >= 0.6 is 0 Å². The van der Waals surface area contributed by atoms with Crippen molar-refractivity contribution in [3.63, 3.8) is 0 Å². The fraction of sp³-hybridized carbons (Fsp3) is 0.333. The van der Waals surface area contributed by atoms with E-state index in [1.165, 1.54) is 16.4 Å². The first kappa shape index (κ1) is 10.4. The predicted octanol–water partition coefficient (Wildman–Crippen LogP) is -0.366. The van der Waals surface area contributed by atoms with Gasteiger partial charge < -0.3 is 10.8 Å². The Morgan fingerprint density at radius 1 is 1.40 bits per heavy atom. The van der Waals surface area contributed by atoms with Gasteiger partial charge in [-0.1, -0.05) is 6.07 Å². The van der Waals surface area contributed by atoms with E-state index < -0.39 is 16.1 Å². The number of hydrogen-bond donors (Lipinski definition) is 2. The molecule has 6 heteroatoms. The van der Waals surface area contributed by atoms with Crippen molar-refractivity contribution in [3.8, 4) is 0 Å². The third-order valence-electron chi connectivity index (χ3n) is 2.32. The van der Waals surface area contributed by atoms with E-state index in [4.69, 9.17) is 10.8 Å². The van der Waals surface area contributed by atoms with Crippen LogP contribution in [-0.4, -0.2) is 37.0 Å². The molecule has 1 aliphatic heterocycles. The Morgan fingerprint density at radius 3 is 2.60 bits per heavy atom. The molecule has 0 bridgehead atoms. The summed E-state index contributed by atoms with van der Waals surface area (Å²) in [5.74, 6) is 0. The van der Waals surface area contributed by atoms with Crippen LogP contribution in [0.2, 0.25) is 0 Å². The van der Waals surface area contributed by atoms with E-state index >= 15 is 0 Å². The molecule has 1 aromatic rings. The first-order valence-corrected chi connectivity index (χ1v) is 5.98. The first-order valence-electron chi connectivity index (χ1n) is 4.54. The largest absolute Gasteiger partial charge is 0.399 e. The van der Waals surface area contributed by atoms with Crippen LogP contribution in [0.1, 0.15) is 0 Å². The lowest BCUT2D eigenvalue weighted by Gasteiger charge is -2.34. The lowest BCUT2D eigenvalue weighted by molar-refractivity contribution is 0.0548. The smallest absolute Gasteiger partial charge is 0.243 e. The number of aliphatic hydroxyl groups is 1. The Hall–Kier alpha value is -1.11. The number of β-amino-alcohol motifs (C(OH)–C–C–N with tert-alkyl or cyclic N) is 1. The van der Waals surface area contributed by atoms with Crippen molar-refractivity contribution >= 4 is 15.7 Å². The molecule has 1 aromatic carbocycles. The number of nitrogen functional groups attached to an aromatic ring is 1. The molecule has 0 unspecified atom stereocenters. The lowest BCUT2D eigenvalue weighted by Crippen LogP contribution is -2.53. The maximum absolute atomic E-state index is 11.9. The van der Waals surface area contributed by atoms with E-state index in [0.29, 0.717) is 5.69 Å². The molecule has 3 N–H and O–H groups in total. The molecule has 2 rings (SSSR count). The third-order valence-corrected chi connectivity index (χ3v) is 4.15. The normalized spacial score (nSPS) is 18.7. The predicted molar refractivity (Wildman–Crippen MR) is 55.6 cm³/mol. The van der Waals surface area contributed by atoms with Crippen molar-refractivity contribution in [2.24, 2.45) is 0 Å². The summed E-state index contributed by atoms with van der Waals surface area (Å²) >= 11 is 0. The second kappa shape index (κ2) is 3.48. The number of nitrogens with two attached hydrogens (primary N) is 1. The molecule has 0 aromatic heterocycles. The van der Waals surface area contributed by atoms with Crippen LogP contribution in [0.4, 0.5) is 5.69 Å². The van der Waals surface area contributed by atoms with Gasteiger partial charge in [-0.05, 0) is 18.2 Å². The summed E-state index contributed by atoms with van der Waals surface area (Å²) in [6.07, 6.45) is -0.541. The zero-order chi connectivity index (χ0) is 11.1. The summed E-state index contributed by atoms with van der Waals surface area (Å²) in [5, 5.41) is 9.05. The molecule has 0 spiro atoms. The van der Waals surface area contributed by atoms with Crippen LogP contribution < -0.4 is 5.73 Å². The molecule has 0 atom stereocenters. The SMILES string of the molecule is Nc1cccc(S(=O)(=O)N2CC(O)C2)c1. The van der Waals surface area contributed by atoms with Crippen LogP contribution in [0.5, 0.6) is 0 Å². The van der Waals surface area contributed by atoms with Crippen molar-refractivity contribution in [3.05, 3.63) is 24.3 Å². The Labute approximate surface area is 88.2 Å². The average Bonchev–Trinajstić information content (AvgIpc) is 2.13. The Morgan fingerprint density at radius 2 is 2.07 bits per heavy atom. The van der Waals surface area contributed by atoms with Crippen LogP contribution in [-0.2, 0) is 10.0 Å². The number of benzene rings is 1. The van der Waals surface area contributed by atoms with Crippen molar-refractivity contribution < 1.29 is 13.5 Å². The van der Waals surface area contributed by atoms with Gasteiger partial charge in [0.05, 0.1) is 11.0 Å². The summed E-state index contributed by atoms with van der Waals surface area (Å²) in [6.45, 7) is 0.328. The summed E-state index contributed by atoms with van der Waals surface area (Å²) in [4.78, 5) is 0.175. The van der Waals surface area contributed by atoms with Crippen LogP contribution in [0.15, 0.2) is 29.2 Å². The number of anilines is 1. The van der Waals surface area contributed by atoms with Crippen LogP contribution in [0.25, 0.3) is 0 Å². The van der Waals surface area contributed by atoms with Gasteiger partial charge in [0.1, 0.15) is 0 Å². The number of aliphatic hydroxyl groups excluding tert-OH is 1. The van der Waals surface area contributed by atoms with Crippen molar-refractivity contribution in [2.45, 2.75) is 11.0 Å². The second-order valence-corrected chi connectivity index (χ2v) is 5.49. The monoisotopic (exact) mass is 228 g/mol. The van der Waals surface area contributed by atoms with Gasteiger partial charge in [0.2, 0.25) is 10.0 Å². The Bertz CT molecular complexity index is 466. The standard InChI is InChI=1S/C9H12N2O3S/c10-7-2-1-3-9(4-7)15(13,14)11-5-8(12)6-11/h1-4,8,12H,5-6,10H2. The molecule has 1 fully saturated rings. The molecule has 1 aliphatic rings. The van der Waals surface area contributed by atoms with Gasteiger partial charge in [-0.3, -0.25) is 0 Å². The zero-order valence-electron chi connectivity index (χ0n) is 8.00. The molecule has 5 nitrogen and oxygen atoms in total. The molecule has 0 saturated carbocycles. The number of hydrogen-bond acceptors (Lipinski definition) is 4. The number of sulfonamides is 1. The molecule has 0 radical (unpaired) electrons. The van der Waals surface area contributed by atoms with Gasteiger partial charge in [-0.2, -0.15) is 4.31 Å². The highest BCUT2D eigenvalue weighted by Crippen LogP contribution is 2.22. The van der Waals surface area contributed by atoms with E-state index in [9.17, 15) is 8.42 Å². The third kappa shape index (κ3) is 1.83. The topological polar surface area (TPSA) is 83.6 Å². The fourth-order valence-electron chi connectivity index (χ4n) is 1.44. The van der Waals surface area contributed by atoms with Crippen LogP contribution in [0.3, 0.4) is 0 Å². The van der Waals surface area contributed by atoms with Gasteiger partial charge in [0.25, 0.3) is 0 Å². The van der Waals surface area contributed by atoms with Crippen molar-refractivity contribution in [1.82, 2.24) is 4.31 Å². The van der Waals surface area contributed by atoms with E-state index in [-0.39, 0.29) is 18.0 Å². The van der Waals surface area contributed by atoms with Crippen molar-refractivity contribution in [2.75, 3.05) is 18.8 Å². The Balaban J connectivity index is 2.30. The number of rotatable bonds is 2. The molecule has 1 heterocycles. The van der Waals surface area contributed by atoms with Crippen LogP contribution in [0, 0.1) is 0 Å². The molecule has 0 amide bonds. The fourth-order valence-corrected chi connectivity index (χ4v) is 3.01. The van der Waals surface area contributed by atoms with Gasteiger partial charge >= 0.3 is 0 Å². The summed E-state index contributed by atoms with van der Waals surface area (Å²) in [6, 6.07) is 6.14. The highest BCUT2D eigenvalue weighted by molar-refractivity contribution is 7.89.